The summed E-state index contributed by atoms with van der Waals surface area (Å²) in [6.45, 7) is 11.5. The van der Waals surface area contributed by atoms with Crippen LogP contribution in [-0.2, 0) is 14.8 Å². The predicted octanol–water partition coefficient (Wildman–Crippen LogP) is 3.80. The van der Waals surface area contributed by atoms with E-state index in [9.17, 15) is 13.2 Å². The summed E-state index contributed by atoms with van der Waals surface area (Å²) in [7, 11) is -3.86. The Hall–Kier alpha value is -2.04. The molecule has 1 aromatic carbocycles. The number of benzene rings is 1. The van der Waals surface area contributed by atoms with Gasteiger partial charge in [0.2, 0.25) is 15.4 Å². The average Bonchev–Trinajstić information content (AvgIpc) is 3.16. The summed E-state index contributed by atoms with van der Waals surface area (Å²) in [6, 6.07) is 7.57. The number of nitrogens with zero attached hydrogens (tertiary/aromatic N) is 3. The van der Waals surface area contributed by atoms with Gasteiger partial charge in [0.15, 0.2) is 0 Å². The van der Waals surface area contributed by atoms with E-state index in [4.69, 9.17) is 0 Å². The first-order valence-electron chi connectivity index (χ1n) is 10.5. The highest BCUT2D eigenvalue weighted by atomic mass is 32.2. The minimum Gasteiger partial charge on any atom is -0.371 e. The molecule has 2 N–H and O–H groups in total. The van der Waals surface area contributed by atoms with Gasteiger partial charge >= 0.3 is 0 Å². The van der Waals surface area contributed by atoms with Crippen LogP contribution in [0.15, 0.2) is 28.6 Å². The van der Waals surface area contributed by atoms with Crippen LogP contribution < -0.4 is 14.9 Å². The van der Waals surface area contributed by atoms with E-state index in [1.165, 1.54) is 12.8 Å². The Balaban J connectivity index is 1.65. The van der Waals surface area contributed by atoms with Crippen LogP contribution in [0.25, 0.3) is 0 Å². The van der Waals surface area contributed by atoms with E-state index in [1.54, 1.807) is 27.7 Å². The second-order valence-electron chi connectivity index (χ2n) is 9.21. The fraction of sp³-hybridized carbons (Fsp3) is 0.571. The quantitative estimate of drug-likeness (QED) is 0.629. The summed E-state index contributed by atoms with van der Waals surface area (Å²) < 4.78 is 27.9. The Bertz CT molecular complexity index is 1010. The molecule has 8 nitrogen and oxygen atoms in total. The van der Waals surface area contributed by atoms with Gasteiger partial charge in [0, 0.05) is 30.2 Å². The van der Waals surface area contributed by atoms with E-state index >= 15 is 0 Å². The first kappa shape index (κ1) is 23.6. The number of amides is 1. The molecule has 1 aliphatic rings. The van der Waals surface area contributed by atoms with Gasteiger partial charge in [-0.1, -0.05) is 51.2 Å². The highest BCUT2D eigenvalue weighted by Crippen LogP contribution is 2.27. The number of hydrogen-bond donors (Lipinski definition) is 2. The number of piperidine rings is 1. The van der Waals surface area contributed by atoms with Crippen LogP contribution in [0.1, 0.15) is 59.1 Å². The summed E-state index contributed by atoms with van der Waals surface area (Å²) in [5, 5.41) is 10.3. The molecule has 3 rings (SSSR count). The molecule has 31 heavy (non-hydrogen) atoms. The van der Waals surface area contributed by atoms with E-state index in [0.29, 0.717) is 5.92 Å². The minimum absolute atomic E-state index is 0.160. The van der Waals surface area contributed by atoms with Gasteiger partial charge in [-0.05, 0) is 43.4 Å². The number of anilines is 2. The van der Waals surface area contributed by atoms with Gasteiger partial charge in [0.05, 0.1) is 0 Å². The van der Waals surface area contributed by atoms with E-state index in [1.807, 2.05) is 24.3 Å². The minimum atomic E-state index is -3.86. The van der Waals surface area contributed by atoms with E-state index in [2.05, 4.69) is 32.1 Å². The predicted molar refractivity (Wildman–Crippen MR) is 124 cm³/mol. The largest absolute Gasteiger partial charge is 0.371 e. The van der Waals surface area contributed by atoms with Crippen molar-refractivity contribution < 1.29 is 13.2 Å². The molecule has 0 saturated carbocycles. The van der Waals surface area contributed by atoms with Crippen LogP contribution in [0.2, 0.25) is 0 Å². The molecule has 1 saturated heterocycles. The molecule has 0 unspecified atom stereocenters. The summed E-state index contributed by atoms with van der Waals surface area (Å²) in [4.78, 5) is 14.5. The molecule has 2 aromatic rings. The maximum absolute atomic E-state index is 12.7. The van der Waals surface area contributed by atoms with Crippen LogP contribution in [0.3, 0.4) is 0 Å². The fourth-order valence-corrected chi connectivity index (χ4v) is 5.55. The van der Waals surface area contributed by atoms with Gasteiger partial charge < -0.3 is 10.2 Å². The highest BCUT2D eigenvalue weighted by molar-refractivity contribution is 7.91. The van der Waals surface area contributed by atoms with Gasteiger partial charge in [-0.3, -0.25) is 4.79 Å². The zero-order chi connectivity index (χ0) is 22.8. The molecule has 1 aliphatic heterocycles. The number of carbonyl (C=O) groups is 1. The number of rotatable bonds is 6. The Morgan fingerprint density at radius 2 is 1.90 bits per heavy atom. The maximum Gasteiger partial charge on any atom is 0.270 e. The molecular weight excluding hydrogens is 434 g/mol. The van der Waals surface area contributed by atoms with Crippen LogP contribution in [-0.4, -0.2) is 37.6 Å². The van der Waals surface area contributed by atoms with E-state index < -0.39 is 21.5 Å². The SMILES string of the molecule is C[C@H]1CCCN(c2ccc([C@@H](C)NS(=O)(=O)c3nnc(NC(=O)C(C)(C)C)s3)cc2)C1. The van der Waals surface area contributed by atoms with E-state index in [-0.39, 0.29) is 15.4 Å². The average molecular weight is 466 g/mol. The zero-order valence-corrected chi connectivity index (χ0v) is 20.3. The van der Waals surface area contributed by atoms with Crippen LogP contribution >= 0.6 is 11.3 Å². The van der Waals surface area contributed by atoms with Gasteiger partial charge in [-0.15, -0.1) is 10.2 Å². The van der Waals surface area contributed by atoms with Crippen molar-refractivity contribution in [1.82, 2.24) is 14.9 Å². The van der Waals surface area contributed by atoms with Crippen LogP contribution in [0.5, 0.6) is 0 Å². The van der Waals surface area contributed by atoms with Gasteiger partial charge in [-0.2, -0.15) is 0 Å². The second-order valence-corrected chi connectivity index (χ2v) is 12.1. The molecule has 1 fully saturated rings. The van der Waals surface area contributed by atoms with Crippen molar-refractivity contribution in [3.63, 3.8) is 0 Å². The first-order valence-corrected chi connectivity index (χ1v) is 12.8. The van der Waals surface area contributed by atoms with Gasteiger partial charge in [0.25, 0.3) is 10.0 Å². The number of aromatic nitrogens is 2. The monoisotopic (exact) mass is 465 g/mol. The molecule has 1 aromatic heterocycles. The highest BCUT2D eigenvalue weighted by Gasteiger charge is 2.26. The molecule has 0 aliphatic carbocycles. The molecule has 0 spiro atoms. The number of hydrogen-bond acceptors (Lipinski definition) is 7. The Kier molecular flexibility index (Phi) is 7.02. The summed E-state index contributed by atoms with van der Waals surface area (Å²) in [5.74, 6) is 0.432. The molecule has 170 valence electrons. The normalized spacial score (nSPS) is 18.6. The van der Waals surface area contributed by atoms with Crippen molar-refractivity contribution in [2.45, 2.75) is 57.8 Å². The first-order chi connectivity index (χ1) is 14.5. The molecular formula is C21H31N5O3S2. The van der Waals surface area contributed by atoms with Crippen molar-refractivity contribution in [1.29, 1.82) is 0 Å². The topological polar surface area (TPSA) is 104 Å². The van der Waals surface area contributed by atoms with Crippen molar-refractivity contribution >= 4 is 38.1 Å². The lowest BCUT2D eigenvalue weighted by molar-refractivity contribution is -0.123. The van der Waals surface area contributed by atoms with Gasteiger partial charge in [-0.25, -0.2) is 13.1 Å². The second kappa shape index (κ2) is 9.22. The summed E-state index contributed by atoms with van der Waals surface area (Å²) in [5.41, 5.74) is 1.41. The lowest BCUT2D eigenvalue weighted by Gasteiger charge is -2.33. The number of sulfonamides is 1. The molecule has 0 bridgehead atoms. The standard InChI is InChI=1S/C21H31N5O3S2/c1-14-7-6-12-26(13-14)17-10-8-16(9-11-17)15(2)25-31(28,29)20-24-23-19(30-20)22-18(27)21(3,4)5/h8-11,14-15,25H,6-7,12-13H2,1-5H3,(H,22,23,27)/t14-,15+/m0/s1. The number of carbonyl (C=O) groups excluding carboxylic acids is 1. The van der Waals surface area contributed by atoms with Crippen molar-refractivity contribution in [2.75, 3.05) is 23.3 Å². The van der Waals surface area contributed by atoms with Crippen LogP contribution in [0, 0.1) is 11.3 Å². The lowest BCUT2D eigenvalue weighted by atomic mass is 9.96. The Morgan fingerprint density at radius 3 is 2.52 bits per heavy atom. The van der Waals surface area contributed by atoms with Crippen LogP contribution in [0.4, 0.5) is 10.8 Å². The van der Waals surface area contributed by atoms with Crippen molar-refractivity contribution in [3.8, 4) is 0 Å². The zero-order valence-electron chi connectivity index (χ0n) is 18.7. The lowest BCUT2D eigenvalue weighted by Crippen LogP contribution is -2.34. The molecule has 2 heterocycles. The number of nitrogens with one attached hydrogen (secondary N) is 2. The third kappa shape index (κ3) is 6.02. The van der Waals surface area contributed by atoms with Crippen molar-refractivity contribution in [3.05, 3.63) is 29.8 Å². The molecule has 0 radical (unpaired) electrons. The summed E-state index contributed by atoms with van der Waals surface area (Å²) >= 11 is 0.832. The smallest absolute Gasteiger partial charge is 0.270 e. The maximum atomic E-state index is 12.7. The van der Waals surface area contributed by atoms with Crippen molar-refractivity contribution in [2.24, 2.45) is 11.3 Å². The summed E-state index contributed by atoms with van der Waals surface area (Å²) in [6.07, 6.45) is 2.46. The fourth-order valence-electron chi connectivity index (χ4n) is 3.40. The Labute approximate surface area is 188 Å². The van der Waals surface area contributed by atoms with Gasteiger partial charge in [0.1, 0.15) is 0 Å². The molecule has 2 atom stereocenters. The molecule has 10 heteroatoms. The third-order valence-electron chi connectivity index (χ3n) is 5.29. The molecule has 1 amide bonds. The third-order valence-corrected chi connectivity index (χ3v) is 8.03. The Morgan fingerprint density at radius 1 is 1.23 bits per heavy atom. The van der Waals surface area contributed by atoms with E-state index in [0.717, 1.165) is 35.7 Å².